The lowest BCUT2D eigenvalue weighted by Gasteiger charge is -2.31. The van der Waals surface area contributed by atoms with Crippen LogP contribution in [-0.4, -0.2) is 34.6 Å². The standard InChI is InChI=1S/C16H16F3N3O3S/c1-10(23)21-14-22-12(9-26-14)13(24)20-8-7-15(25,16(17,18)19)11-5-3-2-4-6-11/h2-6,9,25H,7-8H2,1H3,(H,20,24)(H,21,22,23)/t15-/m0/s1. The van der Waals surface area contributed by atoms with E-state index in [1.165, 1.54) is 42.6 Å². The Labute approximate surface area is 151 Å². The number of rotatable bonds is 6. The summed E-state index contributed by atoms with van der Waals surface area (Å²) in [6, 6.07) is 6.68. The van der Waals surface area contributed by atoms with Crippen LogP contribution in [-0.2, 0) is 10.4 Å². The Morgan fingerprint density at radius 1 is 1.23 bits per heavy atom. The molecular formula is C16H16F3N3O3S. The number of carbonyl (C=O) groups excluding carboxylic acids is 2. The third-order valence-corrected chi connectivity index (χ3v) is 4.27. The number of hydrogen-bond donors (Lipinski definition) is 3. The van der Waals surface area contributed by atoms with Gasteiger partial charge in [0.1, 0.15) is 5.69 Å². The summed E-state index contributed by atoms with van der Waals surface area (Å²) < 4.78 is 40.0. The minimum absolute atomic E-state index is 0.0333. The summed E-state index contributed by atoms with van der Waals surface area (Å²) in [7, 11) is 0. The van der Waals surface area contributed by atoms with Gasteiger partial charge in [-0.15, -0.1) is 11.3 Å². The second-order valence-corrected chi connectivity index (χ2v) is 6.31. The lowest BCUT2D eigenvalue weighted by Crippen LogP contribution is -2.45. The summed E-state index contributed by atoms with van der Waals surface area (Å²) in [5.74, 6) is -1.06. The summed E-state index contributed by atoms with van der Waals surface area (Å²) in [6.45, 7) is 0.861. The van der Waals surface area contributed by atoms with Gasteiger partial charge in [-0.05, 0) is 5.56 Å². The normalized spacial score (nSPS) is 13.7. The number of aliphatic hydroxyl groups is 1. The van der Waals surface area contributed by atoms with Gasteiger partial charge >= 0.3 is 6.18 Å². The number of thiazole rings is 1. The zero-order valence-electron chi connectivity index (χ0n) is 13.6. The monoisotopic (exact) mass is 387 g/mol. The highest BCUT2D eigenvalue weighted by Crippen LogP contribution is 2.41. The third-order valence-electron chi connectivity index (χ3n) is 3.51. The van der Waals surface area contributed by atoms with Crippen LogP contribution in [0.4, 0.5) is 18.3 Å². The van der Waals surface area contributed by atoms with Gasteiger partial charge in [-0.3, -0.25) is 9.59 Å². The summed E-state index contributed by atoms with van der Waals surface area (Å²) >= 11 is 1.01. The molecule has 140 valence electrons. The van der Waals surface area contributed by atoms with Gasteiger partial charge in [0, 0.05) is 25.3 Å². The highest BCUT2D eigenvalue weighted by Gasteiger charge is 2.54. The van der Waals surface area contributed by atoms with E-state index in [1.807, 2.05) is 0 Å². The fourth-order valence-electron chi connectivity index (χ4n) is 2.20. The Morgan fingerprint density at radius 3 is 2.46 bits per heavy atom. The first-order valence-corrected chi connectivity index (χ1v) is 8.37. The molecule has 2 rings (SSSR count). The number of benzene rings is 1. The van der Waals surface area contributed by atoms with Gasteiger partial charge in [-0.25, -0.2) is 4.98 Å². The van der Waals surface area contributed by atoms with Crippen molar-refractivity contribution >= 4 is 28.3 Å². The van der Waals surface area contributed by atoms with Gasteiger partial charge < -0.3 is 15.7 Å². The Bertz CT molecular complexity index is 780. The maximum absolute atomic E-state index is 13.3. The maximum atomic E-state index is 13.3. The molecule has 3 N–H and O–H groups in total. The van der Waals surface area contributed by atoms with Gasteiger partial charge in [0.15, 0.2) is 10.7 Å². The van der Waals surface area contributed by atoms with Crippen molar-refractivity contribution in [3.8, 4) is 0 Å². The van der Waals surface area contributed by atoms with Crippen LogP contribution >= 0.6 is 11.3 Å². The van der Waals surface area contributed by atoms with E-state index in [4.69, 9.17) is 0 Å². The summed E-state index contributed by atoms with van der Waals surface area (Å²) in [6.07, 6.45) is -5.66. The maximum Gasteiger partial charge on any atom is 0.421 e. The Morgan fingerprint density at radius 2 is 1.88 bits per heavy atom. The first-order valence-electron chi connectivity index (χ1n) is 7.49. The molecule has 0 saturated carbocycles. The minimum atomic E-state index is -4.90. The van der Waals surface area contributed by atoms with Crippen LogP contribution in [0.15, 0.2) is 35.7 Å². The van der Waals surface area contributed by atoms with Crippen molar-refractivity contribution in [2.24, 2.45) is 0 Å². The molecule has 0 aliphatic heterocycles. The van der Waals surface area contributed by atoms with Crippen molar-refractivity contribution in [2.45, 2.75) is 25.1 Å². The predicted octanol–water partition coefficient (Wildman–Crippen LogP) is 2.67. The Kier molecular flexibility index (Phi) is 5.98. The second kappa shape index (κ2) is 7.83. The quantitative estimate of drug-likeness (QED) is 0.711. The molecule has 10 heteroatoms. The number of nitrogens with zero attached hydrogens (tertiary/aromatic N) is 1. The largest absolute Gasteiger partial charge is 0.421 e. The molecule has 0 fully saturated rings. The second-order valence-electron chi connectivity index (χ2n) is 5.45. The summed E-state index contributed by atoms with van der Waals surface area (Å²) in [5, 5.41) is 16.4. The molecule has 0 saturated heterocycles. The van der Waals surface area contributed by atoms with Crippen molar-refractivity contribution < 1.29 is 27.9 Å². The highest BCUT2D eigenvalue weighted by molar-refractivity contribution is 7.14. The Balaban J connectivity index is 2.03. The topological polar surface area (TPSA) is 91.3 Å². The number of amides is 2. The molecule has 0 spiro atoms. The molecule has 1 atom stereocenters. The van der Waals surface area contributed by atoms with Crippen molar-refractivity contribution in [3.63, 3.8) is 0 Å². The first kappa shape index (κ1) is 19.9. The van der Waals surface area contributed by atoms with E-state index in [1.54, 1.807) is 0 Å². The smallest absolute Gasteiger partial charge is 0.376 e. The van der Waals surface area contributed by atoms with Crippen molar-refractivity contribution in [1.29, 1.82) is 0 Å². The molecule has 26 heavy (non-hydrogen) atoms. The van der Waals surface area contributed by atoms with Crippen molar-refractivity contribution in [1.82, 2.24) is 10.3 Å². The molecule has 6 nitrogen and oxygen atoms in total. The van der Waals surface area contributed by atoms with E-state index in [2.05, 4.69) is 15.6 Å². The molecule has 0 bridgehead atoms. The SMILES string of the molecule is CC(=O)Nc1nc(C(=O)NCC[C@](O)(c2ccccc2)C(F)(F)F)cs1. The minimum Gasteiger partial charge on any atom is -0.376 e. The van der Waals surface area contributed by atoms with E-state index in [-0.39, 0.29) is 22.3 Å². The molecule has 1 heterocycles. The van der Waals surface area contributed by atoms with Crippen LogP contribution in [0.25, 0.3) is 0 Å². The van der Waals surface area contributed by atoms with Gasteiger partial charge in [0.2, 0.25) is 5.91 Å². The lowest BCUT2D eigenvalue weighted by atomic mass is 9.89. The number of halogens is 3. The zero-order valence-corrected chi connectivity index (χ0v) is 14.4. The van der Waals surface area contributed by atoms with Crippen LogP contribution in [0.1, 0.15) is 29.4 Å². The fraction of sp³-hybridized carbons (Fsp3) is 0.312. The summed E-state index contributed by atoms with van der Waals surface area (Å²) in [4.78, 5) is 26.8. The van der Waals surface area contributed by atoms with Gasteiger partial charge in [0.05, 0.1) is 0 Å². The average molecular weight is 387 g/mol. The zero-order chi connectivity index (χ0) is 19.4. The molecule has 0 unspecified atom stereocenters. The van der Waals surface area contributed by atoms with Crippen LogP contribution in [0.5, 0.6) is 0 Å². The lowest BCUT2D eigenvalue weighted by molar-refractivity contribution is -0.268. The van der Waals surface area contributed by atoms with Gasteiger partial charge in [-0.1, -0.05) is 30.3 Å². The number of anilines is 1. The molecule has 1 aromatic heterocycles. The van der Waals surface area contributed by atoms with E-state index in [0.717, 1.165) is 11.3 Å². The van der Waals surface area contributed by atoms with Crippen molar-refractivity contribution in [2.75, 3.05) is 11.9 Å². The van der Waals surface area contributed by atoms with E-state index in [0.29, 0.717) is 0 Å². The molecule has 0 aliphatic carbocycles. The first-order chi connectivity index (χ1) is 12.1. The van der Waals surface area contributed by atoms with Crippen LogP contribution in [0.2, 0.25) is 0 Å². The number of carbonyl (C=O) groups is 2. The number of nitrogens with one attached hydrogen (secondary N) is 2. The fourth-order valence-corrected chi connectivity index (χ4v) is 2.93. The Hall–Kier alpha value is -2.46. The number of aromatic nitrogens is 1. The molecule has 2 aromatic rings. The van der Waals surface area contributed by atoms with Crippen LogP contribution in [0.3, 0.4) is 0 Å². The molecule has 1 aromatic carbocycles. The molecular weight excluding hydrogens is 371 g/mol. The highest BCUT2D eigenvalue weighted by atomic mass is 32.1. The molecule has 0 radical (unpaired) electrons. The van der Waals surface area contributed by atoms with Gasteiger partial charge in [-0.2, -0.15) is 13.2 Å². The van der Waals surface area contributed by atoms with Gasteiger partial charge in [0.25, 0.3) is 5.91 Å². The van der Waals surface area contributed by atoms with Crippen LogP contribution < -0.4 is 10.6 Å². The number of alkyl halides is 3. The number of hydrogen-bond acceptors (Lipinski definition) is 5. The molecule has 0 aliphatic rings. The summed E-state index contributed by atoms with van der Waals surface area (Å²) in [5.41, 5.74) is -3.41. The molecule has 2 amide bonds. The van der Waals surface area contributed by atoms with Crippen LogP contribution in [0, 0.1) is 0 Å². The van der Waals surface area contributed by atoms with E-state index >= 15 is 0 Å². The van der Waals surface area contributed by atoms with E-state index in [9.17, 15) is 27.9 Å². The predicted molar refractivity (Wildman–Crippen MR) is 89.8 cm³/mol. The average Bonchev–Trinajstić information content (AvgIpc) is 3.02. The van der Waals surface area contributed by atoms with E-state index < -0.39 is 30.7 Å². The third kappa shape index (κ3) is 4.58. The van der Waals surface area contributed by atoms with Crippen molar-refractivity contribution in [3.05, 3.63) is 47.0 Å².